The standard InChI is InChI=1S/C15H14BrN3O3/c1-2-22-13-8-10(7-11(16)14(13)20)9-18-19-15(21)12-5-3-4-6-17-12/h3-9,20H,2H2,1H3,(H,19,21)/b18-9-. The Bertz CT molecular complexity index is 690. The number of aromatic nitrogens is 1. The van der Waals surface area contributed by atoms with Gasteiger partial charge < -0.3 is 9.84 Å². The quantitative estimate of drug-likeness (QED) is 0.631. The van der Waals surface area contributed by atoms with E-state index in [0.717, 1.165) is 0 Å². The number of carbonyl (C=O) groups is 1. The lowest BCUT2D eigenvalue weighted by Gasteiger charge is -2.08. The molecule has 0 atom stereocenters. The van der Waals surface area contributed by atoms with Gasteiger partial charge in [0.15, 0.2) is 11.5 Å². The lowest BCUT2D eigenvalue weighted by Crippen LogP contribution is -2.18. The van der Waals surface area contributed by atoms with Gasteiger partial charge in [-0.2, -0.15) is 5.10 Å². The molecule has 1 aromatic heterocycles. The lowest BCUT2D eigenvalue weighted by molar-refractivity contribution is 0.0950. The Kier molecular flexibility index (Phi) is 5.48. The summed E-state index contributed by atoms with van der Waals surface area (Å²) >= 11 is 3.24. The van der Waals surface area contributed by atoms with Crippen molar-refractivity contribution < 1.29 is 14.6 Å². The highest BCUT2D eigenvalue weighted by atomic mass is 79.9. The van der Waals surface area contributed by atoms with Gasteiger partial charge in [0.2, 0.25) is 0 Å². The molecule has 0 unspecified atom stereocenters. The van der Waals surface area contributed by atoms with Gasteiger partial charge in [-0.25, -0.2) is 5.43 Å². The van der Waals surface area contributed by atoms with Gasteiger partial charge in [0, 0.05) is 6.20 Å². The number of rotatable bonds is 5. The first kappa shape index (κ1) is 16.0. The van der Waals surface area contributed by atoms with E-state index in [1.807, 2.05) is 6.92 Å². The van der Waals surface area contributed by atoms with Gasteiger partial charge in [-0.3, -0.25) is 9.78 Å². The van der Waals surface area contributed by atoms with E-state index >= 15 is 0 Å². The normalized spacial score (nSPS) is 10.6. The molecule has 0 saturated heterocycles. The predicted molar refractivity (Wildman–Crippen MR) is 86.3 cm³/mol. The minimum absolute atomic E-state index is 0.0246. The average molecular weight is 364 g/mol. The van der Waals surface area contributed by atoms with Gasteiger partial charge >= 0.3 is 0 Å². The van der Waals surface area contributed by atoms with Gasteiger partial charge in [-0.1, -0.05) is 6.07 Å². The van der Waals surface area contributed by atoms with E-state index < -0.39 is 5.91 Å². The minimum Gasteiger partial charge on any atom is -0.503 e. The molecule has 2 N–H and O–H groups in total. The van der Waals surface area contributed by atoms with Crippen molar-refractivity contribution in [3.8, 4) is 11.5 Å². The number of ether oxygens (including phenoxy) is 1. The van der Waals surface area contributed by atoms with Crippen molar-refractivity contribution in [1.82, 2.24) is 10.4 Å². The van der Waals surface area contributed by atoms with E-state index in [-0.39, 0.29) is 11.4 Å². The van der Waals surface area contributed by atoms with E-state index in [4.69, 9.17) is 4.74 Å². The SMILES string of the molecule is CCOc1cc(/C=N\NC(=O)c2ccccn2)cc(Br)c1O. The Labute approximate surface area is 136 Å². The number of nitrogens with zero attached hydrogens (tertiary/aromatic N) is 2. The number of phenols is 1. The molecule has 0 aliphatic rings. The molecule has 2 rings (SSSR count). The van der Waals surface area contributed by atoms with Crippen LogP contribution in [0.15, 0.2) is 46.1 Å². The third-order valence-corrected chi connectivity index (χ3v) is 3.23. The van der Waals surface area contributed by atoms with Crippen LogP contribution in [0.25, 0.3) is 0 Å². The Hall–Kier alpha value is -2.41. The molecule has 0 aliphatic carbocycles. The van der Waals surface area contributed by atoms with Gasteiger partial charge in [0.05, 0.1) is 17.3 Å². The second-order valence-electron chi connectivity index (χ2n) is 4.20. The number of phenolic OH excluding ortho intramolecular Hbond substituents is 1. The minimum atomic E-state index is -0.403. The van der Waals surface area contributed by atoms with E-state index in [9.17, 15) is 9.90 Å². The van der Waals surface area contributed by atoms with Crippen LogP contribution in [0.1, 0.15) is 23.0 Å². The fourth-order valence-corrected chi connectivity index (χ4v) is 2.11. The Morgan fingerprint density at radius 1 is 1.50 bits per heavy atom. The largest absolute Gasteiger partial charge is 0.503 e. The molecule has 0 fully saturated rings. The predicted octanol–water partition coefficient (Wildman–Crippen LogP) is 2.71. The second kappa shape index (κ2) is 7.56. The van der Waals surface area contributed by atoms with Crippen molar-refractivity contribution in [1.29, 1.82) is 0 Å². The number of hydrogen-bond acceptors (Lipinski definition) is 5. The van der Waals surface area contributed by atoms with Crippen LogP contribution in [0.5, 0.6) is 11.5 Å². The molecule has 114 valence electrons. The molecule has 1 amide bonds. The molecule has 0 aliphatic heterocycles. The molecule has 0 bridgehead atoms. The fourth-order valence-electron chi connectivity index (χ4n) is 1.65. The van der Waals surface area contributed by atoms with Gasteiger partial charge in [-0.15, -0.1) is 0 Å². The summed E-state index contributed by atoms with van der Waals surface area (Å²) in [4.78, 5) is 15.7. The maximum Gasteiger partial charge on any atom is 0.289 e. The summed E-state index contributed by atoms with van der Waals surface area (Å²) in [5.41, 5.74) is 3.32. The summed E-state index contributed by atoms with van der Waals surface area (Å²) < 4.78 is 5.80. The van der Waals surface area contributed by atoms with E-state index in [2.05, 4.69) is 31.4 Å². The zero-order valence-electron chi connectivity index (χ0n) is 11.8. The van der Waals surface area contributed by atoms with Crippen molar-refractivity contribution in [2.45, 2.75) is 6.92 Å². The van der Waals surface area contributed by atoms with Gasteiger partial charge in [0.1, 0.15) is 5.69 Å². The fraction of sp³-hybridized carbons (Fsp3) is 0.133. The first-order valence-electron chi connectivity index (χ1n) is 6.51. The molecule has 0 radical (unpaired) electrons. The molecular weight excluding hydrogens is 350 g/mol. The highest BCUT2D eigenvalue weighted by Crippen LogP contribution is 2.34. The number of carbonyl (C=O) groups excluding carboxylic acids is 1. The molecule has 0 saturated carbocycles. The Morgan fingerprint density at radius 3 is 3.00 bits per heavy atom. The molecule has 1 aromatic carbocycles. The number of hydrogen-bond donors (Lipinski definition) is 2. The molecule has 6 nitrogen and oxygen atoms in total. The summed E-state index contributed by atoms with van der Waals surface area (Å²) in [6.45, 7) is 2.25. The molecular formula is C15H14BrN3O3. The molecule has 7 heteroatoms. The second-order valence-corrected chi connectivity index (χ2v) is 5.05. The monoisotopic (exact) mass is 363 g/mol. The van der Waals surface area contributed by atoms with Crippen molar-refractivity contribution in [3.63, 3.8) is 0 Å². The summed E-state index contributed by atoms with van der Waals surface area (Å²) in [5.74, 6) is -0.0365. The number of hydrazone groups is 1. The van der Waals surface area contributed by atoms with Crippen LogP contribution in [0.4, 0.5) is 0 Å². The highest BCUT2D eigenvalue weighted by Gasteiger charge is 2.08. The summed E-state index contributed by atoms with van der Waals surface area (Å²) in [7, 11) is 0. The number of nitrogens with one attached hydrogen (secondary N) is 1. The number of benzene rings is 1. The first-order valence-corrected chi connectivity index (χ1v) is 7.31. The van der Waals surface area contributed by atoms with E-state index in [1.54, 1.807) is 30.3 Å². The summed E-state index contributed by atoms with van der Waals surface area (Å²) in [6, 6.07) is 8.32. The Balaban J connectivity index is 2.09. The van der Waals surface area contributed by atoms with Crippen LogP contribution in [0, 0.1) is 0 Å². The van der Waals surface area contributed by atoms with Gasteiger partial charge in [0.25, 0.3) is 5.91 Å². The van der Waals surface area contributed by atoms with Crippen molar-refractivity contribution in [3.05, 3.63) is 52.3 Å². The topological polar surface area (TPSA) is 83.8 Å². The third-order valence-electron chi connectivity index (χ3n) is 2.63. The molecule has 0 spiro atoms. The van der Waals surface area contributed by atoms with Crippen LogP contribution < -0.4 is 10.2 Å². The maximum atomic E-state index is 11.8. The molecule has 1 heterocycles. The number of halogens is 1. The van der Waals surface area contributed by atoms with E-state index in [1.165, 1.54) is 12.4 Å². The van der Waals surface area contributed by atoms with Gasteiger partial charge in [-0.05, 0) is 52.7 Å². The Morgan fingerprint density at radius 2 is 2.32 bits per heavy atom. The number of aromatic hydroxyl groups is 1. The van der Waals surface area contributed by atoms with Crippen LogP contribution in [0.2, 0.25) is 0 Å². The lowest BCUT2D eigenvalue weighted by atomic mass is 10.2. The first-order chi connectivity index (χ1) is 10.6. The smallest absolute Gasteiger partial charge is 0.289 e. The van der Waals surface area contributed by atoms with Crippen LogP contribution in [-0.2, 0) is 0 Å². The van der Waals surface area contributed by atoms with Crippen molar-refractivity contribution in [2.24, 2.45) is 5.10 Å². The molecule has 22 heavy (non-hydrogen) atoms. The van der Waals surface area contributed by atoms with Crippen molar-refractivity contribution in [2.75, 3.05) is 6.61 Å². The molecule has 2 aromatic rings. The van der Waals surface area contributed by atoms with Crippen LogP contribution >= 0.6 is 15.9 Å². The summed E-state index contributed by atoms with van der Waals surface area (Å²) in [6.07, 6.45) is 2.98. The zero-order chi connectivity index (χ0) is 15.9. The van der Waals surface area contributed by atoms with Crippen LogP contribution in [0.3, 0.4) is 0 Å². The number of amides is 1. The zero-order valence-corrected chi connectivity index (χ0v) is 13.4. The van der Waals surface area contributed by atoms with E-state index in [0.29, 0.717) is 22.4 Å². The number of pyridine rings is 1. The average Bonchev–Trinajstić information content (AvgIpc) is 2.53. The van der Waals surface area contributed by atoms with Crippen LogP contribution in [-0.4, -0.2) is 28.8 Å². The third kappa shape index (κ3) is 4.05. The highest BCUT2D eigenvalue weighted by molar-refractivity contribution is 9.10. The summed E-state index contributed by atoms with van der Waals surface area (Å²) in [5, 5.41) is 13.7. The van der Waals surface area contributed by atoms with Crippen molar-refractivity contribution >= 4 is 28.1 Å². The maximum absolute atomic E-state index is 11.8.